The standard InChI is InChI=1S/C21H26N2O/c1-21(2,3)16-10-6-11-17(14-16)23-20(24)18-12-7-13-22-19(18)15-8-4-5-9-15/h6-7,10-15H,4-5,8-9H2,1-3H3,(H,23,24). The molecule has 3 heteroatoms. The number of aromatic nitrogens is 1. The molecule has 126 valence electrons. The maximum atomic E-state index is 12.8. The molecule has 2 aromatic rings. The Morgan fingerprint density at radius 3 is 2.58 bits per heavy atom. The van der Waals surface area contributed by atoms with E-state index in [4.69, 9.17) is 0 Å². The van der Waals surface area contributed by atoms with E-state index in [1.54, 1.807) is 6.20 Å². The summed E-state index contributed by atoms with van der Waals surface area (Å²) in [5.74, 6) is 0.365. The summed E-state index contributed by atoms with van der Waals surface area (Å²) in [4.78, 5) is 17.3. The second-order valence-electron chi connectivity index (χ2n) is 7.70. The minimum atomic E-state index is -0.0592. The van der Waals surface area contributed by atoms with E-state index in [2.05, 4.69) is 43.2 Å². The van der Waals surface area contributed by atoms with Crippen LogP contribution in [0.1, 0.15) is 74.0 Å². The van der Waals surface area contributed by atoms with E-state index >= 15 is 0 Å². The first-order chi connectivity index (χ1) is 11.4. The number of anilines is 1. The molecule has 1 saturated carbocycles. The topological polar surface area (TPSA) is 42.0 Å². The summed E-state index contributed by atoms with van der Waals surface area (Å²) in [6, 6.07) is 11.8. The highest BCUT2D eigenvalue weighted by Crippen LogP contribution is 2.34. The van der Waals surface area contributed by atoms with Crippen LogP contribution in [0, 0.1) is 0 Å². The van der Waals surface area contributed by atoms with Crippen molar-refractivity contribution in [3.63, 3.8) is 0 Å². The van der Waals surface area contributed by atoms with E-state index in [1.165, 1.54) is 18.4 Å². The summed E-state index contributed by atoms with van der Waals surface area (Å²) in [5, 5.41) is 3.06. The summed E-state index contributed by atoms with van der Waals surface area (Å²) in [5.41, 5.74) is 3.78. The Labute approximate surface area is 144 Å². The van der Waals surface area contributed by atoms with Crippen LogP contribution < -0.4 is 5.32 Å². The van der Waals surface area contributed by atoms with E-state index in [0.717, 1.165) is 24.2 Å². The monoisotopic (exact) mass is 322 g/mol. The van der Waals surface area contributed by atoms with Crippen LogP contribution >= 0.6 is 0 Å². The Bertz CT molecular complexity index is 725. The van der Waals surface area contributed by atoms with Crippen molar-refractivity contribution >= 4 is 11.6 Å². The molecule has 0 aliphatic heterocycles. The number of nitrogens with one attached hydrogen (secondary N) is 1. The van der Waals surface area contributed by atoms with Gasteiger partial charge in [0, 0.05) is 17.8 Å². The van der Waals surface area contributed by atoms with Gasteiger partial charge in [0.25, 0.3) is 5.91 Å². The number of carbonyl (C=O) groups is 1. The van der Waals surface area contributed by atoms with Crippen molar-refractivity contribution in [1.29, 1.82) is 0 Å². The number of amides is 1. The van der Waals surface area contributed by atoms with Crippen LogP contribution in [0.3, 0.4) is 0 Å². The van der Waals surface area contributed by atoms with E-state index in [0.29, 0.717) is 11.5 Å². The van der Waals surface area contributed by atoms with Crippen LogP contribution in [0.2, 0.25) is 0 Å². The molecule has 1 aliphatic carbocycles. The van der Waals surface area contributed by atoms with E-state index in [-0.39, 0.29) is 11.3 Å². The predicted molar refractivity (Wildman–Crippen MR) is 98.5 cm³/mol. The van der Waals surface area contributed by atoms with Gasteiger partial charge in [0.15, 0.2) is 0 Å². The molecule has 1 aromatic carbocycles. The fraction of sp³-hybridized carbons (Fsp3) is 0.429. The van der Waals surface area contributed by atoms with Gasteiger partial charge in [-0.05, 0) is 48.1 Å². The first-order valence-corrected chi connectivity index (χ1v) is 8.82. The zero-order valence-corrected chi connectivity index (χ0v) is 14.8. The van der Waals surface area contributed by atoms with Gasteiger partial charge in [-0.25, -0.2) is 0 Å². The Balaban J connectivity index is 1.83. The molecule has 3 rings (SSSR count). The number of nitrogens with zero attached hydrogens (tertiary/aromatic N) is 1. The van der Waals surface area contributed by atoms with Gasteiger partial charge in [-0.15, -0.1) is 0 Å². The lowest BCUT2D eigenvalue weighted by atomic mass is 9.87. The highest BCUT2D eigenvalue weighted by molar-refractivity contribution is 6.05. The van der Waals surface area contributed by atoms with Gasteiger partial charge in [0.05, 0.1) is 11.3 Å². The summed E-state index contributed by atoms with van der Waals surface area (Å²) in [7, 11) is 0. The number of hydrogen-bond acceptors (Lipinski definition) is 2. The van der Waals surface area contributed by atoms with Gasteiger partial charge in [0.1, 0.15) is 0 Å². The van der Waals surface area contributed by atoms with Gasteiger partial charge in [-0.1, -0.05) is 45.7 Å². The second-order valence-corrected chi connectivity index (χ2v) is 7.70. The molecule has 1 aliphatic rings. The number of pyridine rings is 1. The molecule has 1 fully saturated rings. The van der Waals surface area contributed by atoms with Crippen molar-refractivity contribution in [3.05, 3.63) is 59.4 Å². The molecule has 0 bridgehead atoms. The first kappa shape index (κ1) is 16.7. The third-order valence-corrected chi connectivity index (χ3v) is 4.81. The average molecular weight is 322 g/mol. The molecule has 0 saturated heterocycles. The minimum absolute atomic E-state index is 0.0592. The van der Waals surface area contributed by atoms with Crippen LogP contribution in [0.5, 0.6) is 0 Å². The fourth-order valence-electron chi connectivity index (χ4n) is 3.40. The number of rotatable bonds is 3. The Morgan fingerprint density at radius 2 is 1.88 bits per heavy atom. The van der Waals surface area contributed by atoms with Crippen LogP contribution in [-0.2, 0) is 5.41 Å². The van der Waals surface area contributed by atoms with E-state index < -0.39 is 0 Å². The molecule has 0 atom stereocenters. The van der Waals surface area contributed by atoms with Crippen LogP contribution in [0.4, 0.5) is 5.69 Å². The van der Waals surface area contributed by atoms with Crippen molar-refractivity contribution in [2.45, 2.75) is 57.8 Å². The van der Waals surface area contributed by atoms with Crippen LogP contribution in [0.25, 0.3) is 0 Å². The third-order valence-electron chi connectivity index (χ3n) is 4.81. The quantitative estimate of drug-likeness (QED) is 0.834. The fourth-order valence-corrected chi connectivity index (χ4v) is 3.40. The summed E-state index contributed by atoms with van der Waals surface area (Å²) in [6.45, 7) is 6.52. The van der Waals surface area contributed by atoms with Crippen molar-refractivity contribution < 1.29 is 4.79 Å². The molecule has 1 amide bonds. The SMILES string of the molecule is CC(C)(C)c1cccc(NC(=O)c2cccnc2C2CCCC2)c1. The molecular formula is C21H26N2O. The summed E-state index contributed by atoms with van der Waals surface area (Å²) in [6.07, 6.45) is 6.53. The average Bonchev–Trinajstić information content (AvgIpc) is 3.08. The highest BCUT2D eigenvalue weighted by atomic mass is 16.1. The van der Waals surface area contributed by atoms with Crippen LogP contribution in [0.15, 0.2) is 42.6 Å². The molecule has 0 unspecified atom stereocenters. The Hall–Kier alpha value is -2.16. The second kappa shape index (κ2) is 6.76. The van der Waals surface area contributed by atoms with Gasteiger partial charge >= 0.3 is 0 Å². The molecule has 1 N–H and O–H groups in total. The van der Waals surface area contributed by atoms with Crippen molar-refractivity contribution in [2.75, 3.05) is 5.32 Å². The molecule has 3 nitrogen and oxygen atoms in total. The summed E-state index contributed by atoms with van der Waals surface area (Å²) >= 11 is 0. The maximum Gasteiger partial charge on any atom is 0.257 e. The minimum Gasteiger partial charge on any atom is -0.322 e. The Morgan fingerprint density at radius 1 is 1.12 bits per heavy atom. The number of benzene rings is 1. The zero-order chi connectivity index (χ0) is 17.2. The molecule has 24 heavy (non-hydrogen) atoms. The van der Waals surface area contributed by atoms with Gasteiger partial charge in [-0.3, -0.25) is 9.78 Å². The van der Waals surface area contributed by atoms with Crippen LogP contribution in [-0.4, -0.2) is 10.9 Å². The lowest BCUT2D eigenvalue weighted by Crippen LogP contribution is -2.17. The third kappa shape index (κ3) is 3.66. The Kier molecular flexibility index (Phi) is 4.70. The lowest BCUT2D eigenvalue weighted by Gasteiger charge is -2.20. The van der Waals surface area contributed by atoms with Crippen molar-refractivity contribution in [3.8, 4) is 0 Å². The van der Waals surface area contributed by atoms with E-state index in [9.17, 15) is 4.79 Å². The molecule has 0 radical (unpaired) electrons. The molecule has 1 heterocycles. The van der Waals surface area contributed by atoms with Gasteiger partial charge in [-0.2, -0.15) is 0 Å². The predicted octanol–water partition coefficient (Wildman–Crippen LogP) is 5.29. The molecule has 1 aromatic heterocycles. The molecular weight excluding hydrogens is 296 g/mol. The van der Waals surface area contributed by atoms with Gasteiger partial charge < -0.3 is 5.32 Å². The van der Waals surface area contributed by atoms with Gasteiger partial charge in [0.2, 0.25) is 0 Å². The number of hydrogen-bond donors (Lipinski definition) is 1. The van der Waals surface area contributed by atoms with E-state index in [1.807, 2.05) is 24.3 Å². The van der Waals surface area contributed by atoms with Crippen molar-refractivity contribution in [1.82, 2.24) is 4.98 Å². The maximum absolute atomic E-state index is 12.8. The lowest BCUT2D eigenvalue weighted by molar-refractivity contribution is 0.102. The smallest absolute Gasteiger partial charge is 0.257 e. The normalized spacial score (nSPS) is 15.5. The van der Waals surface area contributed by atoms with Crippen molar-refractivity contribution in [2.24, 2.45) is 0 Å². The largest absolute Gasteiger partial charge is 0.322 e. The first-order valence-electron chi connectivity index (χ1n) is 8.82. The molecule has 0 spiro atoms. The highest BCUT2D eigenvalue weighted by Gasteiger charge is 2.24. The zero-order valence-electron chi connectivity index (χ0n) is 14.8. The number of carbonyl (C=O) groups excluding carboxylic acids is 1. The summed E-state index contributed by atoms with van der Waals surface area (Å²) < 4.78 is 0.